The predicted molar refractivity (Wildman–Crippen MR) is 105 cm³/mol. The number of aryl methyl sites for hydroxylation is 1. The summed E-state index contributed by atoms with van der Waals surface area (Å²) in [5, 5.41) is 11.8. The molecule has 152 valence electrons. The van der Waals surface area contributed by atoms with Gasteiger partial charge in [-0.3, -0.25) is 9.59 Å². The number of carboxylic acids is 1. The van der Waals surface area contributed by atoms with Crippen molar-refractivity contribution in [2.24, 2.45) is 5.92 Å². The van der Waals surface area contributed by atoms with Crippen LogP contribution in [0, 0.1) is 18.7 Å². The lowest BCUT2D eigenvalue weighted by atomic mass is 9.95. The Bertz CT molecular complexity index is 919. The molecular weight excluding hydrogens is 375 g/mol. The second kappa shape index (κ2) is 8.86. The minimum atomic E-state index is -1.04. The van der Waals surface area contributed by atoms with Gasteiger partial charge in [0.15, 0.2) is 0 Å². The molecule has 0 bridgehead atoms. The molecule has 0 aromatic heterocycles. The van der Waals surface area contributed by atoms with E-state index in [2.05, 4.69) is 5.32 Å². The fourth-order valence-corrected chi connectivity index (χ4v) is 3.36. The maximum Gasteiger partial charge on any atom is 0.335 e. The topological polar surface area (TPSA) is 86.7 Å². The van der Waals surface area contributed by atoms with Gasteiger partial charge in [-0.2, -0.15) is 0 Å². The van der Waals surface area contributed by atoms with E-state index in [4.69, 9.17) is 5.11 Å². The van der Waals surface area contributed by atoms with Crippen LogP contribution in [-0.2, 0) is 11.3 Å². The molecule has 0 spiro atoms. The fraction of sp³-hybridized carbons (Fsp3) is 0.318. The molecule has 1 aliphatic rings. The third kappa shape index (κ3) is 4.99. The van der Waals surface area contributed by atoms with Crippen LogP contribution in [0.5, 0.6) is 0 Å². The number of piperidine rings is 1. The Labute approximate surface area is 168 Å². The van der Waals surface area contributed by atoms with Crippen molar-refractivity contribution in [2.75, 3.05) is 13.1 Å². The molecule has 6 nitrogen and oxygen atoms in total. The number of nitrogens with one attached hydrogen (secondary N) is 1. The van der Waals surface area contributed by atoms with Gasteiger partial charge in [0.25, 0.3) is 5.91 Å². The summed E-state index contributed by atoms with van der Waals surface area (Å²) in [4.78, 5) is 37.6. The van der Waals surface area contributed by atoms with E-state index >= 15 is 0 Å². The Morgan fingerprint density at radius 1 is 1.07 bits per heavy atom. The van der Waals surface area contributed by atoms with E-state index in [1.165, 1.54) is 30.3 Å². The lowest BCUT2D eigenvalue weighted by Crippen LogP contribution is -2.42. The summed E-state index contributed by atoms with van der Waals surface area (Å²) in [5.41, 5.74) is 1.83. The van der Waals surface area contributed by atoms with Gasteiger partial charge in [0.2, 0.25) is 5.91 Å². The van der Waals surface area contributed by atoms with Crippen LogP contribution in [0.15, 0.2) is 42.5 Å². The molecule has 0 unspecified atom stereocenters. The summed E-state index contributed by atoms with van der Waals surface area (Å²) in [6, 6.07) is 10.7. The molecule has 7 heteroatoms. The highest BCUT2D eigenvalue weighted by molar-refractivity contribution is 5.96. The predicted octanol–water partition coefficient (Wildman–Crippen LogP) is 3.00. The first-order valence-corrected chi connectivity index (χ1v) is 9.50. The molecule has 1 aliphatic heterocycles. The number of amides is 2. The number of hydrogen-bond acceptors (Lipinski definition) is 3. The molecule has 3 rings (SSSR count). The molecule has 2 aromatic rings. The number of benzene rings is 2. The van der Waals surface area contributed by atoms with Crippen molar-refractivity contribution in [2.45, 2.75) is 26.3 Å². The number of carbonyl (C=O) groups excluding carboxylic acids is 2. The molecule has 0 atom stereocenters. The highest BCUT2D eigenvalue weighted by Crippen LogP contribution is 2.20. The highest BCUT2D eigenvalue weighted by Gasteiger charge is 2.27. The van der Waals surface area contributed by atoms with E-state index < -0.39 is 5.97 Å². The quantitative estimate of drug-likeness (QED) is 0.811. The van der Waals surface area contributed by atoms with Gasteiger partial charge in [0.05, 0.1) is 5.56 Å². The SMILES string of the molecule is Cc1ccc(CNC(=O)C2CCN(C(=O)c3ccc(C(=O)O)cc3)CC2)cc1F. The maximum atomic E-state index is 13.6. The molecule has 2 amide bonds. The zero-order chi connectivity index (χ0) is 21.0. The third-order valence-corrected chi connectivity index (χ3v) is 5.23. The van der Waals surface area contributed by atoms with E-state index in [9.17, 15) is 18.8 Å². The fourth-order valence-electron chi connectivity index (χ4n) is 3.36. The van der Waals surface area contributed by atoms with E-state index in [0.29, 0.717) is 42.6 Å². The van der Waals surface area contributed by atoms with Crippen LogP contribution in [0.4, 0.5) is 4.39 Å². The number of nitrogens with zero attached hydrogens (tertiary/aromatic N) is 1. The van der Waals surface area contributed by atoms with Crippen LogP contribution in [-0.4, -0.2) is 40.9 Å². The molecule has 1 saturated heterocycles. The van der Waals surface area contributed by atoms with Gasteiger partial charge in [-0.25, -0.2) is 9.18 Å². The number of likely N-dealkylation sites (tertiary alicyclic amines) is 1. The molecule has 29 heavy (non-hydrogen) atoms. The molecule has 1 fully saturated rings. The number of halogens is 1. The summed E-state index contributed by atoms with van der Waals surface area (Å²) in [5.74, 6) is -1.78. The van der Waals surface area contributed by atoms with Crippen molar-refractivity contribution in [3.05, 3.63) is 70.5 Å². The van der Waals surface area contributed by atoms with Gasteiger partial charge in [0, 0.05) is 31.1 Å². The lowest BCUT2D eigenvalue weighted by Gasteiger charge is -2.31. The zero-order valence-corrected chi connectivity index (χ0v) is 16.2. The second-order valence-electron chi connectivity index (χ2n) is 7.25. The number of aromatic carboxylic acids is 1. The monoisotopic (exact) mass is 398 g/mol. The Kier molecular flexibility index (Phi) is 6.26. The van der Waals surface area contributed by atoms with Crippen LogP contribution >= 0.6 is 0 Å². The van der Waals surface area contributed by atoms with E-state index in [-0.39, 0.29) is 35.7 Å². The summed E-state index contributed by atoms with van der Waals surface area (Å²) < 4.78 is 13.6. The smallest absolute Gasteiger partial charge is 0.335 e. The second-order valence-corrected chi connectivity index (χ2v) is 7.25. The Morgan fingerprint density at radius 3 is 2.28 bits per heavy atom. The van der Waals surface area contributed by atoms with Crippen LogP contribution in [0.2, 0.25) is 0 Å². The average molecular weight is 398 g/mol. The van der Waals surface area contributed by atoms with E-state index in [1.807, 2.05) is 0 Å². The van der Waals surface area contributed by atoms with E-state index in [1.54, 1.807) is 24.0 Å². The number of hydrogen-bond donors (Lipinski definition) is 2. The van der Waals surface area contributed by atoms with E-state index in [0.717, 1.165) is 0 Å². The van der Waals surface area contributed by atoms with Crippen molar-refractivity contribution in [3.8, 4) is 0 Å². The summed E-state index contributed by atoms with van der Waals surface area (Å²) in [7, 11) is 0. The molecule has 2 aromatic carbocycles. The molecular formula is C22H23FN2O4. The standard InChI is InChI=1S/C22H23FN2O4/c1-14-2-3-15(12-19(14)23)13-24-20(26)16-8-10-25(11-9-16)21(27)17-4-6-18(7-5-17)22(28)29/h2-7,12,16H,8-11,13H2,1H3,(H,24,26)(H,28,29). The number of carbonyl (C=O) groups is 3. The van der Waals surface area contributed by atoms with Gasteiger partial charge in [-0.15, -0.1) is 0 Å². The molecule has 2 N–H and O–H groups in total. The van der Waals surface area contributed by atoms with Crippen molar-refractivity contribution in [3.63, 3.8) is 0 Å². The van der Waals surface area contributed by atoms with Crippen molar-refractivity contribution >= 4 is 17.8 Å². The van der Waals surface area contributed by atoms with Crippen molar-refractivity contribution < 1.29 is 23.9 Å². The van der Waals surface area contributed by atoms with Crippen LogP contribution in [0.1, 0.15) is 44.7 Å². The molecule has 0 saturated carbocycles. The van der Waals surface area contributed by atoms with Crippen LogP contribution < -0.4 is 5.32 Å². The third-order valence-electron chi connectivity index (χ3n) is 5.23. The maximum absolute atomic E-state index is 13.6. The van der Waals surface area contributed by atoms with Gasteiger partial charge in [-0.05, 0) is 61.2 Å². The largest absolute Gasteiger partial charge is 0.478 e. The first kappa shape index (κ1) is 20.5. The van der Waals surface area contributed by atoms with Gasteiger partial charge >= 0.3 is 5.97 Å². The number of rotatable bonds is 5. The minimum absolute atomic E-state index is 0.0936. The lowest BCUT2D eigenvalue weighted by molar-refractivity contribution is -0.126. The first-order valence-electron chi connectivity index (χ1n) is 9.50. The summed E-state index contributed by atoms with van der Waals surface area (Å²) in [6.45, 7) is 2.87. The Hall–Kier alpha value is -3.22. The minimum Gasteiger partial charge on any atom is -0.478 e. The van der Waals surface area contributed by atoms with Gasteiger partial charge < -0.3 is 15.3 Å². The Morgan fingerprint density at radius 2 is 1.69 bits per heavy atom. The van der Waals surface area contributed by atoms with Crippen LogP contribution in [0.25, 0.3) is 0 Å². The Balaban J connectivity index is 1.50. The molecule has 0 aliphatic carbocycles. The zero-order valence-electron chi connectivity index (χ0n) is 16.2. The summed E-state index contributed by atoms with van der Waals surface area (Å²) in [6.07, 6.45) is 1.10. The average Bonchev–Trinajstić information content (AvgIpc) is 2.74. The highest BCUT2D eigenvalue weighted by atomic mass is 19.1. The van der Waals surface area contributed by atoms with Crippen molar-refractivity contribution in [1.82, 2.24) is 10.2 Å². The molecule has 1 heterocycles. The van der Waals surface area contributed by atoms with Crippen LogP contribution in [0.3, 0.4) is 0 Å². The van der Waals surface area contributed by atoms with Gasteiger partial charge in [0.1, 0.15) is 5.82 Å². The normalized spacial score (nSPS) is 14.5. The number of carboxylic acid groups (broad SMARTS) is 1. The van der Waals surface area contributed by atoms with Crippen molar-refractivity contribution in [1.29, 1.82) is 0 Å². The first-order chi connectivity index (χ1) is 13.8. The molecule has 0 radical (unpaired) electrons. The van der Waals surface area contributed by atoms with Gasteiger partial charge in [-0.1, -0.05) is 12.1 Å². The summed E-state index contributed by atoms with van der Waals surface area (Å²) >= 11 is 0.